The summed E-state index contributed by atoms with van der Waals surface area (Å²) in [6.45, 7) is 3.10. The van der Waals surface area contributed by atoms with Gasteiger partial charge in [-0.3, -0.25) is 0 Å². The Morgan fingerprint density at radius 3 is 1.80 bits per heavy atom. The van der Waals surface area contributed by atoms with Crippen molar-refractivity contribution in [1.29, 1.82) is 0 Å². The first-order valence-corrected chi connectivity index (χ1v) is 8.30. The van der Waals surface area contributed by atoms with Gasteiger partial charge in [-0.1, -0.05) is 12.1 Å². The SMILES string of the molecule is IN1COc2ccc3ccc4c(c3c2C1)CN(I)CO4. The van der Waals surface area contributed by atoms with E-state index in [0.717, 1.165) is 24.6 Å². The van der Waals surface area contributed by atoms with Gasteiger partial charge in [0.15, 0.2) is 13.5 Å². The molecule has 2 aliphatic heterocycles. The highest BCUT2D eigenvalue weighted by Crippen LogP contribution is 2.40. The molecule has 0 saturated heterocycles. The van der Waals surface area contributed by atoms with Crippen LogP contribution in [0.1, 0.15) is 11.1 Å². The average molecular weight is 494 g/mol. The van der Waals surface area contributed by atoms with Crippen molar-refractivity contribution < 1.29 is 9.47 Å². The van der Waals surface area contributed by atoms with Crippen LogP contribution in [0.3, 0.4) is 0 Å². The van der Waals surface area contributed by atoms with Crippen molar-refractivity contribution in [2.24, 2.45) is 0 Å². The highest BCUT2D eigenvalue weighted by atomic mass is 127. The van der Waals surface area contributed by atoms with E-state index in [0.29, 0.717) is 13.5 Å². The average Bonchev–Trinajstić information content (AvgIpc) is 2.46. The van der Waals surface area contributed by atoms with Crippen LogP contribution in [0.5, 0.6) is 11.5 Å². The van der Waals surface area contributed by atoms with E-state index in [1.54, 1.807) is 0 Å². The van der Waals surface area contributed by atoms with Crippen LogP contribution in [-0.2, 0) is 13.1 Å². The molecule has 0 aromatic heterocycles. The third kappa shape index (κ3) is 2.16. The first-order chi connectivity index (χ1) is 9.72. The summed E-state index contributed by atoms with van der Waals surface area (Å²) in [6, 6.07) is 8.45. The second-order valence-corrected chi connectivity index (χ2v) is 7.70. The molecule has 4 nitrogen and oxygen atoms in total. The Balaban J connectivity index is 2.00. The lowest BCUT2D eigenvalue weighted by atomic mass is 9.96. The quantitative estimate of drug-likeness (QED) is 0.411. The van der Waals surface area contributed by atoms with Gasteiger partial charge in [-0.25, -0.2) is 6.23 Å². The molecule has 2 aromatic rings. The molecular weight excluding hydrogens is 482 g/mol. The summed E-state index contributed by atoms with van der Waals surface area (Å²) in [4.78, 5) is 0. The minimum absolute atomic E-state index is 0.642. The van der Waals surface area contributed by atoms with E-state index in [1.165, 1.54) is 21.9 Å². The van der Waals surface area contributed by atoms with Crippen molar-refractivity contribution in [3.05, 3.63) is 35.4 Å². The van der Waals surface area contributed by atoms with Gasteiger partial charge < -0.3 is 9.47 Å². The van der Waals surface area contributed by atoms with E-state index in [2.05, 4.69) is 76.2 Å². The molecule has 0 fully saturated rings. The molecule has 2 aromatic carbocycles. The van der Waals surface area contributed by atoms with Crippen molar-refractivity contribution in [2.75, 3.05) is 13.5 Å². The Morgan fingerprint density at radius 1 is 0.800 bits per heavy atom. The molecular formula is C14H12I2N2O2. The van der Waals surface area contributed by atoms with Crippen LogP contribution < -0.4 is 9.47 Å². The number of ether oxygens (including phenoxy) is 2. The maximum atomic E-state index is 5.82. The van der Waals surface area contributed by atoms with E-state index in [1.807, 2.05) is 0 Å². The van der Waals surface area contributed by atoms with Crippen molar-refractivity contribution in [2.45, 2.75) is 13.1 Å². The first-order valence-electron chi connectivity index (χ1n) is 6.37. The number of nitrogens with zero attached hydrogens (tertiary/aromatic N) is 2. The Kier molecular flexibility index (Phi) is 3.44. The van der Waals surface area contributed by atoms with Crippen LogP contribution in [0, 0.1) is 0 Å². The highest BCUT2D eigenvalue weighted by molar-refractivity contribution is 14.1. The molecule has 0 bridgehead atoms. The number of fused-ring (bicyclic) bond motifs is 5. The lowest BCUT2D eigenvalue weighted by Gasteiger charge is -2.29. The highest BCUT2D eigenvalue weighted by Gasteiger charge is 2.24. The maximum Gasteiger partial charge on any atom is 0.150 e. The molecule has 4 rings (SSSR count). The normalized spacial score (nSPS) is 19.1. The van der Waals surface area contributed by atoms with Crippen molar-refractivity contribution in [3.8, 4) is 11.5 Å². The van der Waals surface area contributed by atoms with Gasteiger partial charge in [0.1, 0.15) is 11.5 Å². The monoisotopic (exact) mass is 494 g/mol. The van der Waals surface area contributed by atoms with E-state index < -0.39 is 0 Å². The molecule has 0 unspecified atom stereocenters. The van der Waals surface area contributed by atoms with Crippen LogP contribution in [0.25, 0.3) is 10.8 Å². The van der Waals surface area contributed by atoms with Gasteiger partial charge in [-0.15, -0.1) is 0 Å². The summed E-state index contributed by atoms with van der Waals surface area (Å²) < 4.78 is 16.0. The zero-order valence-electron chi connectivity index (χ0n) is 10.6. The Labute approximate surface area is 145 Å². The van der Waals surface area contributed by atoms with Gasteiger partial charge in [0, 0.05) is 69.9 Å². The fraction of sp³-hybridized carbons (Fsp3) is 0.286. The topological polar surface area (TPSA) is 24.9 Å². The summed E-state index contributed by atoms with van der Waals surface area (Å²) in [5.41, 5.74) is 2.55. The number of hydrogen-bond acceptors (Lipinski definition) is 4. The van der Waals surface area contributed by atoms with Gasteiger partial charge in [-0.2, -0.15) is 0 Å². The fourth-order valence-corrected chi connectivity index (χ4v) is 3.79. The van der Waals surface area contributed by atoms with Crippen LogP contribution in [0.2, 0.25) is 0 Å². The molecule has 0 atom stereocenters. The molecule has 0 aliphatic carbocycles. The summed E-state index contributed by atoms with van der Waals surface area (Å²) in [5.74, 6) is 2.01. The zero-order chi connectivity index (χ0) is 13.7. The smallest absolute Gasteiger partial charge is 0.150 e. The number of benzene rings is 2. The summed E-state index contributed by atoms with van der Waals surface area (Å²) in [6.07, 6.45) is 0. The van der Waals surface area contributed by atoms with Crippen LogP contribution in [0.15, 0.2) is 24.3 Å². The Morgan fingerprint density at radius 2 is 1.30 bits per heavy atom. The van der Waals surface area contributed by atoms with Crippen molar-refractivity contribution in [1.82, 2.24) is 6.23 Å². The number of halogens is 2. The Bertz CT molecular complexity index is 638. The van der Waals surface area contributed by atoms with Crippen molar-refractivity contribution in [3.63, 3.8) is 0 Å². The number of rotatable bonds is 0. The van der Waals surface area contributed by atoms with Crippen molar-refractivity contribution >= 4 is 56.5 Å². The van der Waals surface area contributed by atoms with Crippen LogP contribution in [-0.4, -0.2) is 19.7 Å². The van der Waals surface area contributed by atoms with E-state index in [4.69, 9.17) is 9.47 Å². The molecule has 0 N–H and O–H groups in total. The summed E-state index contributed by atoms with van der Waals surface area (Å²) in [5, 5.41) is 2.55. The lowest BCUT2D eigenvalue weighted by molar-refractivity contribution is 0.193. The third-order valence-electron chi connectivity index (χ3n) is 3.70. The Hall–Kier alpha value is -0.320. The molecule has 0 spiro atoms. The maximum absolute atomic E-state index is 5.82. The van der Waals surface area contributed by atoms with Gasteiger partial charge in [0.25, 0.3) is 0 Å². The molecule has 104 valence electrons. The van der Waals surface area contributed by atoms with E-state index >= 15 is 0 Å². The molecule has 0 saturated carbocycles. The van der Waals surface area contributed by atoms with Crippen LogP contribution >= 0.6 is 45.7 Å². The minimum atomic E-state index is 0.642. The van der Waals surface area contributed by atoms with E-state index in [-0.39, 0.29) is 0 Å². The lowest BCUT2D eigenvalue weighted by Crippen LogP contribution is -2.26. The van der Waals surface area contributed by atoms with Gasteiger partial charge in [0.2, 0.25) is 0 Å². The second kappa shape index (κ2) is 5.15. The molecule has 20 heavy (non-hydrogen) atoms. The minimum Gasteiger partial charge on any atom is -0.477 e. The molecule has 0 amide bonds. The summed E-state index contributed by atoms with van der Waals surface area (Å²) in [7, 11) is 0. The molecule has 0 radical (unpaired) electrons. The second-order valence-electron chi connectivity index (χ2n) is 4.97. The van der Waals surface area contributed by atoms with Gasteiger partial charge >= 0.3 is 0 Å². The van der Waals surface area contributed by atoms with E-state index in [9.17, 15) is 0 Å². The predicted molar refractivity (Wildman–Crippen MR) is 94.1 cm³/mol. The third-order valence-corrected chi connectivity index (χ3v) is 4.93. The molecule has 6 heteroatoms. The predicted octanol–water partition coefficient (Wildman–Crippen LogP) is 3.84. The van der Waals surface area contributed by atoms with Gasteiger partial charge in [-0.05, 0) is 22.9 Å². The largest absolute Gasteiger partial charge is 0.477 e. The first kappa shape index (κ1) is 13.4. The number of hydrogen-bond donors (Lipinski definition) is 0. The summed E-state index contributed by atoms with van der Waals surface area (Å²) >= 11 is 4.62. The molecule has 2 heterocycles. The molecule has 2 aliphatic rings. The van der Waals surface area contributed by atoms with Crippen LogP contribution in [0.4, 0.5) is 0 Å². The standard InChI is InChI=1S/C14H12I2N2O2/c15-17-5-10-12(19-7-17)3-1-9-2-4-13-11(14(9)10)6-18(16)8-20-13/h1-4H,5-8H2. The zero-order valence-corrected chi connectivity index (χ0v) is 14.9. The fourth-order valence-electron chi connectivity index (χ4n) is 2.83. The van der Waals surface area contributed by atoms with Gasteiger partial charge in [0.05, 0.1) is 0 Å².